The van der Waals surface area contributed by atoms with Gasteiger partial charge in [0.05, 0.1) is 12.7 Å². The minimum absolute atomic E-state index is 0.508. The molecule has 0 spiro atoms. The van der Waals surface area contributed by atoms with E-state index in [1.165, 1.54) is 44.2 Å². The normalized spacial score (nSPS) is 17.9. The number of hydrogen-bond acceptors (Lipinski definition) is 3. The quantitative estimate of drug-likeness (QED) is 0.470. The summed E-state index contributed by atoms with van der Waals surface area (Å²) < 4.78 is 1.99. The summed E-state index contributed by atoms with van der Waals surface area (Å²) in [6.45, 7) is 19.4. The second-order valence-electron chi connectivity index (χ2n) is 8.62. The second kappa shape index (κ2) is 9.94. The van der Waals surface area contributed by atoms with E-state index in [2.05, 4.69) is 62.3 Å². The van der Waals surface area contributed by atoms with Gasteiger partial charge in [0.1, 0.15) is 5.69 Å². The van der Waals surface area contributed by atoms with E-state index < -0.39 is 0 Å². The van der Waals surface area contributed by atoms with Gasteiger partial charge in [-0.3, -0.25) is 4.68 Å². The van der Waals surface area contributed by atoms with Crippen LogP contribution in [0.4, 0.5) is 0 Å². The van der Waals surface area contributed by atoms with Gasteiger partial charge in [0.25, 0.3) is 0 Å². The molecule has 0 saturated carbocycles. The molecule has 0 aliphatic carbocycles. The number of aryl methyl sites for hydroxylation is 1. The second-order valence-corrected chi connectivity index (χ2v) is 8.62. The third-order valence-electron chi connectivity index (χ3n) is 5.49. The summed E-state index contributed by atoms with van der Waals surface area (Å²) in [6, 6.07) is 0. The molecular weight excluding hydrogens is 320 g/mol. The van der Waals surface area contributed by atoms with Crippen molar-refractivity contribution in [3.05, 3.63) is 36.4 Å². The van der Waals surface area contributed by atoms with Gasteiger partial charge in [-0.05, 0) is 24.7 Å². The van der Waals surface area contributed by atoms with E-state index in [-0.39, 0.29) is 0 Å². The molecule has 146 valence electrons. The maximum absolute atomic E-state index is 4.36. The highest BCUT2D eigenvalue weighted by Gasteiger charge is 2.31. The Morgan fingerprint density at radius 3 is 2.42 bits per heavy atom. The molecule has 1 aliphatic rings. The van der Waals surface area contributed by atoms with Crippen molar-refractivity contribution >= 4 is 0 Å². The number of hydrogen-bond donors (Lipinski definition) is 0. The Morgan fingerprint density at radius 1 is 1.08 bits per heavy atom. The summed E-state index contributed by atoms with van der Waals surface area (Å²) in [5.41, 5.74) is 3.35. The fraction of sp³-hybridized carbons (Fsp3) is 0.727. The minimum Gasteiger partial charge on any atom is -0.343 e. The monoisotopic (exact) mass is 358 g/mol. The standard InChI is InChI=1S/C22H38N4/c1-17(2)12-10-8-7-9-11-13-25-15-21(23-24-25)16-26-19(5)14-22(18(3)4)20(26)6/h15,17-18,22H,5-14,16H2,1-4H3. The lowest BCUT2D eigenvalue weighted by atomic mass is 9.92. The number of aromatic nitrogens is 3. The molecule has 2 heterocycles. The van der Waals surface area contributed by atoms with Crippen molar-refractivity contribution in [3.8, 4) is 0 Å². The zero-order valence-electron chi connectivity index (χ0n) is 17.4. The van der Waals surface area contributed by atoms with Gasteiger partial charge < -0.3 is 4.90 Å². The summed E-state index contributed by atoms with van der Waals surface area (Å²) in [5.74, 6) is 1.94. The van der Waals surface area contributed by atoms with E-state index in [1.54, 1.807) is 0 Å². The highest BCUT2D eigenvalue weighted by Crippen LogP contribution is 2.39. The number of rotatable bonds is 11. The summed E-state index contributed by atoms with van der Waals surface area (Å²) in [7, 11) is 0. The molecule has 1 saturated heterocycles. The maximum atomic E-state index is 4.36. The van der Waals surface area contributed by atoms with Crippen LogP contribution in [0.2, 0.25) is 0 Å². The van der Waals surface area contributed by atoms with Crippen molar-refractivity contribution in [2.75, 3.05) is 0 Å². The smallest absolute Gasteiger partial charge is 0.102 e. The predicted molar refractivity (Wildman–Crippen MR) is 109 cm³/mol. The largest absolute Gasteiger partial charge is 0.343 e. The fourth-order valence-corrected chi connectivity index (χ4v) is 3.76. The molecular formula is C22H38N4. The Balaban J connectivity index is 1.71. The molecule has 1 unspecified atom stereocenters. The maximum Gasteiger partial charge on any atom is 0.102 e. The number of allylic oxidation sites excluding steroid dienone is 2. The van der Waals surface area contributed by atoms with E-state index in [9.17, 15) is 0 Å². The van der Waals surface area contributed by atoms with Crippen molar-refractivity contribution < 1.29 is 0 Å². The Kier molecular flexibility index (Phi) is 7.92. The van der Waals surface area contributed by atoms with Gasteiger partial charge in [-0.15, -0.1) is 5.10 Å². The van der Waals surface area contributed by atoms with Crippen LogP contribution in [-0.4, -0.2) is 19.9 Å². The molecule has 26 heavy (non-hydrogen) atoms. The van der Waals surface area contributed by atoms with Gasteiger partial charge >= 0.3 is 0 Å². The first-order valence-electron chi connectivity index (χ1n) is 10.4. The summed E-state index contributed by atoms with van der Waals surface area (Å²) in [5, 5.41) is 8.66. The van der Waals surface area contributed by atoms with Gasteiger partial charge in [0.2, 0.25) is 0 Å². The summed E-state index contributed by atoms with van der Waals surface area (Å²) in [6.07, 6.45) is 11.0. The van der Waals surface area contributed by atoms with Crippen molar-refractivity contribution in [2.45, 2.75) is 85.7 Å². The van der Waals surface area contributed by atoms with Crippen LogP contribution < -0.4 is 0 Å². The van der Waals surface area contributed by atoms with E-state index >= 15 is 0 Å². The van der Waals surface area contributed by atoms with E-state index in [4.69, 9.17) is 0 Å². The zero-order chi connectivity index (χ0) is 19.1. The van der Waals surface area contributed by atoms with Gasteiger partial charge in [0.15, 0.2) is 0 Å². The third kappa shape index (κ3) is 6.00. The number of nitrogens with zero attached hydrogens (tertiary/aromatic N) is 4. The van der Waals surface area contributed by atoms with Crippen LogP contribution in [0.1, 0.15) is 78.3 Å². The van der Waals surface area contributed by atoms with Gasteiger partial charge in [0, 0.05) is 23.9 Å². The lowest BCUT2D eigenvalue weighted by Gasteiger charge is -2.22. The third-order valence-corrected chi connectivity index (χ3v) is 5.49. The lowest BCUT2D eigenvalue weighted by Crippen LogP contribution is -2.17. The first kappa shape index (κ1) is 20.7. The molecule has 1 fully saturated rings. The topological polar surface area (TPSA) is 34.0 Å². The molecule has 1 atom stereocenters. The van der Waals surface area contributed by atoms with E-state index in [1.807, 2.05) is 4.68 Å². The molecule has 1 aliphatic heterocycles. The van der Waals surface area contributed by atoms with Crippen molar-refractivity contribution in [3.63, 3.8) is 0 Å². The number of likely N-dealkylation sites (tertiary alicyclic amines) is 1. The molecule has 2 rings (SSSR count). The zero-order valence-corrected chi connectivity index (χ0v) is 17.4. The highest BCUT2D eigenvalue weighted by atomic mass is 15.4. The van der Waals surface area contributed by atoms with Crippen molar-refractivity contribution in [1.82, 2.24) is 19.9 Å². The molecule has 4 heteroatoms. The number of unbranched alkanes of at least 4 members (excludes halogenated alkanes) is 4. The molecule has 0 amide bonds. The Labute approximate surface area is 160 Å². The van der Waals surface area contributed by atoms with Crippen LogP contribution >= 0.6 is 0 Å². The van der Waals surface area contributed by atoms with Crippen LogP contribution in [0.5, 0.6) is 0 Å². The molecule has 0 aromatic carbocycles. The molecule has 0 radical (unpaired) electrons. The lowest BCUT2D eigenvalue weighted by molar-refractivity contribution is 0.399. The summed E-state index contributed by atoms with van der Waals surface area (Å²) >= 11 is 0. The van der Waals surface area contributed by atoms with Crippen LogP contribution in [0.15, 0.2) is 30.7 Å². The molecule has 4 nitrogen and oxygen atoms in total. The Bertz CT molecular complexity index is 585. The molecule has 0 N–H and O–H groups in total. The molecule has 0 bridgehead atoms. The minimum atomic E-state index is 0.508. The SMILES string of the molecule is C=C1CC(C(C)C)C(=C)N1Cc1cn(CCCCCCCC(C)C)nn1. The van der Waals surface area contributed by atoms with Crippen molar-refractivity contribution in [1.29, 1.82) is 0 Å². The van der Waals surface area contributed by atoms with E-state index in [0.717, 1.165) is 36.8 Å². The Hall–Kier alpha value is -1.58. The highest BCUT2D eigenvalue weighted by molar-refractivity contribution is 5.21. The Morgan fingerprint density at radius 2 is 1.77 bits per heavy atom. The first-order valence-corrected chi connectivity index (χ1v) is 10.4. The molecule has 1 aromatic heterocycles. The van der Waals surface area contributed by atoms with Crippen LogP contribution in [0.3, 0.4) is 0 Å². The predicted octanol–water partition coefficient (Wildman–Crippen LogP) is 5.78. The fourth-order valence-electron chi connectivity index (χ4n) is 3.76. The van der Waals surface area contributed by atoms with Gasteiger partial charge in [-0.1, -0.05) is 78.2 Å². The van der Waals surface area contributed by atoms with Gasteiger partial charge in [-0.25, -0.2) is 0 Å². The molecule has 1 aromatic rings. The average Bonchev–Trinajstić information content (AvgIpc) is 3.13. The van der Waals surface area contributed by atoms with Crippen LogP contribution in [0, 0.1) is 17.8 Å². The van der Waals surface area contributed by atoms with Crippen LogP contribution in [0.25, 0.3) is 0 Å². The summed E-state index contributed by atoms with van der Waals surface area (Å²) in [4.78, 5) is 2.23. The van der Waals surface area contributed by atoms with Gasteiger partial charge in [-0.2, -0.15) is 0 Å². The van der Waals surface area contributed by atoms with E-state index in [0.29, 0.717) is 11.8 Å². The first-order chi connectivity index (χ1) is 12.4. The van der Waals surface area contributed by atoms with Crippen LogP contribution in [-0.2, 0) is 13.1 Å². The average molecular weight is 359 g/mol. The van der Waals surface area contributed by atoms with Crippen molar-refractivity contribution in [2.24, 2.45) is 17.8 Å².